The molecule has 2 aliphatic rings. The summed E-state index contributed by atoms with van der Waals surface area (Å²) in [5.74, 6) is 1.02. The van der Waals surface area contributed by atoms with Gasteiger partial charge in [-0.05, 0) is 0 Å². The topological polar surface area (TPSA) is 50.9 Å². The van der Waals surface area contributed by atoms with Crippen LogP contribution in [0.2, 0.25) is 15.8 Å². The first kappa shape index (κ1) is 45.1. The minimum absolute atomic E-state index is 0.0616. The number of hydrogen-bond donors (Lipinski definition) is 1. The molecule has 340 valence electrons. The molecule has 0 saturated carbocycles. The van der Waals surface area contributed by atoms with Crippen molar-refractivity contribution in [1.29, 1.82) is 0 Å². The van der Waals surface area contributed by atoms with Crippen LogP contribution >= 0.6 is 0 Å². The molecule has 5 heteroatoms. The van der Waals surface area contributed by atoms with Gasteiger partial charge in [-0.15, -0.1) is 0 Å². The van der Waals surface area contributed by atoms with Gasteiger partial charge in [0, 0.05) is 0 Å². The summed E-state index contributed by atoms with van der Waals surface area (Å²) in [6.45, 7) is 25.2. The molecule has 0 aliphatic carbocycles. The molecule has 1 saturated heterocycles. The molecule has 10 rings (SSSR count). The fourth-order valence-corrected chi connectivity index (χ4v) is 25.4. The molecule has 2 aromatic heterocycles. The number of fused-ring (bicyclic) bond motifs is 3. The second kappa shape index (κ2) is 16.2. The molecule has 4 nitrogen and oxygen atoms in total. The van der Waals surface area contributed by atoms with E-state index < -0.39 is 13.3 Å². The van der Waals surface area contributed by atoms with E-state index in [1.807, 2.05) is 6.20 Å². The van der Waals surface area contributed by atoms with Crippen molar-refractivity contribution in [3.05, 3.63) is 162 Å². The minimum atomic E-state index is -2.50. The number of imidazole rings is 1. The van der Waals surface area contributed by atoms with Crippen LogP contribution in [-0.4, -0.2) is 32.9 Å². The first-order valence-corrected chi connectivity index (χ1v) is 30.0. The van der Waals surface area contributed by atoms with Gasteiger partial charge in [-0.3, -0.25) is 0 Å². The summed E-state index contributed by atoms with van der Waals surface area (Å²) in [5, 5.41) is 16.8. The molecule has 8 aromatic rings. The zero-order chi connectivity index (χ0) is 47.3. The third-order valence-corrected chi connectivity index (χ3v) is 27.1. The number of aromatic hydroxyl groups is 1. The monoisotopic (exact) mass is 943 g/mol. The van der Waals surface area contributed by atoms with Crippen LogP contribution in [0, 0.1) is 0 Å². The zero-order valence-corrected chi connectivity index (χ0v) is 43.7. The molecule has 1 fully saturated rings. The van der Waals surface area contributed by atoms with Crippen LogP contribution in [0.3, 0.4) is 0 Å². The van der Waals surface area contributed by atoms with Crippen LogP contribution in [0.1, 0.15) is 111 Å². The normalized spacial score (nSPS) is 15.7. The summed E-state index contributed by atoms with van der Waals surface area (Å²) in [6.07, 6.45) is 4.68. The van der Waals surface area contributed by atoms with E-state index in [1.165, 1.54) is 67.5 Å². The molecule has 6 aromatic carbocycles. The molecule has 4 heterocycles. The number of rotatable bonds is 6. The Morgan fingerprint density at radius 2 is 1.22 bits per heavy atom. The summed E-state index contributed by atoms with van der Waals surface area (Å²) in [7, 11) is 0. The molecule has 0 radical (unpaired) electrons. The second-order valence-corrected chi connectivity index (χ2v) is 32.8. The number of para-hydroxylation sites is 1. The standard InChI is InChI=1S/C62H67GeN3O/c1-59(2,3)44-27-28-53(47(36-44)41-23-16-13-17-24-41)66-54-26-20-25-46(56(54)65-58(66)49-37-45(60(4,5)6)38-50(57(49)67)61(7,8)9)43-33-48(52-35-42(29-32-64-52)40-21-14-12-15-22-40)55-51(34-43)63(30-18-19-31-63)39-62(55,10)11/h12-17,20-29,32-38,67H,18-19,30-31,39H2,1-11H3. The van der Waals surface area contributed by atoms with Crippen LogP contribution < -0.4 is 4.40 Å². The number of phenolic OH excluding ortho intramolecular Hbond substituents is 1. The van der Waals surface area contributed by atoms with Crippen LogP contribution in [0.25, 0.3) is 72.7 Å². The summed E-state index contributed by atoms with van der Waals surface area (Å²) >= 11 is -2.50. The Labute approximate surface area is 401 Å². The molecular formula is C62H67GeN3O. The molecule has 0 amide bonds. The van der Waals surface area contributed by atoms with E-state index in [1.54, 1.807) is 4.40 Å². The molecule has 0 bridgehead atoms. The van der Waals surface area contributed by atoms with Crippen LogP contribution in [0.15, 0.2) is 140 Å². The second-order valence-electron chi connectivity index (χ2n) is 23.5. The third-order valence-electron chi connectivity index (χ3n) is 15.1. The van der Waals surface area contributed by atoms with Crippen molar-refractivity contribution in [3.63, 3.8) is 0 Å². The fraction of sp³-hybridized carbons (Fsp3) is 0.323. The number of hydrogen-bond acceptors (Lipinski definition) is 3. The Hall–Kier alpha value is -5.72. The number of nitrogens with zero attached hydrogens (tertiary/aromatic N) is 3. The van der Waals surface area contributed by atoms with E-state index in [0.717, 1.165) is 56.1 Å². The number of phenols is 1. The van der Waals surface area contributed by atoms with Crippen molar-refractivity contribution in [2.24, 2.45) is 0 Å². The predicted molar refractivity (Wildman–Crippen MR) is 286 cm³/mol. The van der Waals surface area contributed by atoms with Gasteiger partial charge in [0.2, 0.25) is 0 Å². The Kier molecular flexibility index (Phi) is 10.9. The first-order valence-electron chi connectivity index (χ1n) is 24.5. The summed E-state index contributed by atoms with van der Waals surface area (Å²) in [5.41, 5.74) is 17.4. The van der Waals surface area contributed by atoms with E-state index in [2.05, 4.69) is 214 Å². The molecule has 2 aliphatic heterocycles. The summed E-state index contributed by atoms with van der Waals surface area (Å²) in [6, 6.07) is 49.1. The van der Waals surface area contributed by atoms with Crippen molar-refractivity contribution < 1.29 is 5.11 Å². The number of aromatic nitrogens is 3. The van der Waals surface area contributed by atoms with Crippen molar-refractivity contribution in [3.8, 4) is 67.5 Å². The van der Waals surface area contributed by atoms with Gasteiger partial charge in [0.15, 0.2) is 0 Å². The van der Waals surface area contributed by atoms with E-state index in [0.29, 0.717) is 0 Å². The van der Waals surface area contributed by atoms with E-state index in [4.69, 9.17) is 9.97 Å². The molecule has 1 N–H and O–H groups in total. The van der Waals surface area contributed by atoms with E-state index >= 15 is 0 Å². The number of benzene rings is 6. The predicted octanol–water partition coefficient (Wildman–Crippen LogP) is 16.1. The van der Waals surface area contributed by atoms with Gasteiger partial charge in [0.05, 0.1) is 0 Å². The van der Waals surface area contributed by atoms with Gasteiger partial charge in [0.25, 0.3) is 0 Å². The molecule has 67 heavy (non-hydrogen) atoms. The summed E-state index contributed by atoms with van der Waals surface area (Å²) in [4.78, 5) is 11.0. The van der Waals surface area contributed by atoms with Crippen molar-refractivity contribution in [2.75, 3.05) is 0 Å². The average Bonchev–Trinajstić information content (AvgIpc) is 3.99. The first-order chi connectivity index (χ1) is 31.7. The van der Waals surface area contributed by atoms with Crippen molar-refractivity contribution in [2.45, 2.75) is 126 Å². The molecule has 0 atom stereocenters. The Bertz CT molecular complexity index is 3190. The maximum absolute atomic E-state index is 12.7. The Balaban J connectivity index is 1.31. The number of pyridine rings is 1. The van der Waals surface area contributed by atoms with Crippen molar-refractivity contribution in [1.82, 2.24) is 14.5 Å². The van der Waals surface area contributed by atoms with Gasteiger partial charge in [-0.2, -0.15) is 0 Å². The van der Waals surface area contributed by atoms with Gasteiger partial charge in [0.1, 0.15) is 0 Å². The molecule has 1 spiro atoms. The van der Waals surface area contributed by atoms with E-state index in [-0.39, 0.29) is 27.4 Å². The summed E-state index contributed by atoms with van der Waals surface area (Å²) < 4.78 is 4.02. The fourth-order valence-electron chi connectivity index (χ4n) is 11.7. The van der Waals surface area contributed by atoms with E-state index in [9.17, 15) is 5.11 Å². The maximum atomic E-state index is 12.7. The van der Waals surface area contributed by atoms with Crippen molar-refractivity contribution >= 4 is 28.7 Å². The third kappa shape index (κ3) is 7.97. The van der Waals surface area contributed by atoms with Crippen LogP contribution in [0.5, 0.6) is 5.75 Å². The zero-order valence-electron chi connectivity index (χ0n) is 41.6. The average molecular weight is 943 g/mol. The van der Waals surface area contributed by atoms with Gasteiger partial charge in [-0.25, -0.2) is 0 Å². The molecule has 0 unspecified atom stereocenters. The van der Waals surface area contributed by atoms with Gasteiger partial charge < -0.3 is 0 Å². The van der Waals surface area contributed by atoms with Gasteiger partial charge in [-0.1, -0.05) is 26.8 Å². The van der Waals surface area contributed by atoms with Crippen LogP contribution in [-0.2, 0) is 21.7 Å². The Morgan fingerprint density at radius 3 is 1.88 bits per heavy atom. The Morgan fingerprint density at radius 1 is 0.567 bits per heavy atom. The molecular weight excluding hydrogens is 875 g/mol. The van der Waals surface area contributed by atoms with Crippen LogP contribution in [0.4, 0.5) is 0 Å². The van der Waals surface area contributed by atoms with Gasteiger partial charge >= 0.3 is 377 Å². The SMILES string of the molecule is CC(C)(C)c1ccc(-n2c(-c3cc(C(C)(C)C)cc(C(C)(C)C)c3O)nc3c(-c4cc(-c5cc(-c6ccccc6)ccn5)c5[c](c4)[Ge]4([CH2]CC[CH2]4)[CH2]C5(C)C)cccc32)c(-c2ccccc2)c1. The quantitative estimate of drug-likeness (QED) is 0.169.